The van der Waals surface area contributed by atoms with Gasteiger partial charge in [-0.15, -0.1) is 0 Å². The maximum atomic E-state index is 12.2. The van der Waals surface area contributed by atoms with Crippen molar-refractivity contribution >= 4 is 39.6 Å². The number of sulfonamides is 1. The van der Waals surface area contributed by atoms with Crippen molar-refractivity contribution < 1.29 is 32.3 Å². The predicted octanol–water partition coefficient (Wildman–Crippen LogP) is 1.43. The lowest BCUT2D eigenvalue weighted by atomic mass is 10.2. The summed E-state index contributed by atoms with van der Waals surface area (Å²) < 4.78 is 32.7. The molecule has 0 aromatic heterocycles. The fourth-order valence-electron chi connectivity index (χ4n) is 2.51. The van der Waals surface area contributed by atoms with Crippen molar-refractivity contribution in [2.75, 3.05) is 12.4 Å². The van der Waals surface area contributed by atoms with Crippen LogP contribution in [0.25, 0.3) is 6.08 Å². The largest absolute Gasteiger partial charge is 0.497 e. The highest BCUT2D eigenvalue weighted by atomic mass is 32.2. The number of hydrogen-bond donors (Lipinski definition) is 3. The lowest BCUT2D eigenvalue weighted by molar-refractivity contribution is -0.155. The van der Waals surface area contributed by atoms with E-state index in [9.17, 15) is 22.8 Å². The fraction of sp³-hybridized carbons (Fsp3) is 0.227. The first-order valence-corrected chi connectivity index (χ1v) is 11.3. The number of primary sulfonamides is 1. The van der Waals surface area contributed by atoms with Gasteiger partial charge in [-0.3, -0.25) is 9.59 Å². The van der Waals surface area contributed by atoms with Gasteiger partial charge >= 0.3 is 5.97 Å². The molecule has 1 unspecified atom stereocenters. The third-order valence-corrected chi connectivity index (χ3v) is 5.30. The molecule has 2 amide bonds. The zero-order chi connectivity index (χ0) is 24.6. The van der Waals surface area contributed by atoms with Crippen LogP contribution in [-0.2, 0) is 29.1 Å². The minimum Gasteiger partial charge on any atom is -0.497 e. The van der Waals surface area contributed by atoms with Gasteiger partial charge in [-0.25, -0.2) is 18.4 Å². The van der Waals surface area contributed by atoms with E-state index < -0.39 is 40.0 Å². The third-order valence-electron chi connectivity index (χ3n) is 4.37. The second kappa shape index (κ2) is 11.2. The van der Waals surface area contributed by atoms with E-state index in [4.69, 9.17) is 14.6 Å². The van der Waals surface area contributed by atoms with E-state index in [0.29, 0.717) is 11.4 Å². The Morgan fingerprint density at radius 3 is 2.15 bits per heavy atom. The van der Waals surface area contributed by atoms with Crippen LogP contribution in [0.4, 0.5) is 5.69 Å². The second-order valence-corrected chi connectivity index (χ2v) is 8.54. The number of carbonyl (C=O) groups is 3. The van der Waals surface area contributed by atoms with Crippen LogP contribution in [0.5, 0.6) is 5.75 Å². The highest BCUT2D eigenvalue weighted by Crippen LogP contribution is 2.14. The highest BCUT2D eigenvalue weighted by molar-refractivity contribution is 7.89. The van der Waals surface area contributed by atoms with Crippen LogP contribution in [0.15, 0.2) is 59.5 Å². The van der Waals surface area contributed by atoms with Crippen LogP contribution in [0.1, 0.15) is 19.4 Å². The summed E-state index contributed by atoms with van der Waals surface area (Å²) in [5.74, 6) is -1.26. The topological polar surface area (TPSA) is 154 Å². The number of anilines is 1. The maximum Gasteiger partial charge on any atom is 0.329 e. The lowest BCUT2D eigenvalue weighted by Crippen LogP contribution is -2.41. The van der Waals surface area contributed by atoms with E-state index in [1.165, 1.54) is 44.2 Å². The smallest absolute Gasteiger partial charge is 0.329 e. The van der Waals surface area contributed by atoms with Crippen molar-refractivity contribution in [3.63, 3.8) is 0 Å². The summed E-state index contributed by atoms with van der Waals surface area (Å²) in [5.41, 5.74) is 1.06. The first kappa shape index (κ1) is 25.6. The molecule has 0 bridgehead atoms. The number of amides is 2. The van der Waals surface area contributed by atoms with Crippen molar-refractivity contribution in [3.8, 4) is 5.75 Å². The third kappa shape index (κ3) is 8.05. The normalized spacial score (nSPS) is 13.1. The minimum atomic E-state index is -3.85. The number of carbonyl (C=O) groups excluding carboxylic acids is 3. The molecular formula is C22H25N3O7S. The van der Waals surface area contributed by atoms with Crippen LogP contribution in [0.3, 0.4) is 0 Å². The summed E-state index contributed by atoms with van der Waals surface area (Å²) in [6, 6.07) is 11.2. The van der Waals surface area contributed by atoms with Crippen LogP contribution in [0.2, 0.25) is 0 Å². The molecule has 10 nitrogen and oxygen atoms in total. The zero-order valence-electron chi connectivity index (χ0n) is 18.3. The standard InChI is InChI=1S/C22H25N3O7S/c1-14(24-20(26)13-6-16-4-9-18(31-3)10-5-16)22(28)32-15(2)21(27)25-17-7-11-19(12-8-17)33(23,29)30/h4-15H,1-3H3,(H,24,26)(H,25,27)(H2,23,29,30)/b13-6+/t14-,15?/m0/s1. The number of benzene rings is 2. The highest BCUT2D eigenvalue weighted by Gasteiger charge is 2.23. The zero-order valence-corrected chi connectivity index (χ0v) is 19.1. The van der Waals surface area contributed by atoms with Gasteiger partial charge in [-0.05, 0) is 61.9 Å². The lowest BCUT2D eigenvalue weighted by Gasteiger charge is -2.17. The van der Waals surface area contributed by atoms with Crippen molar-refractivity contribution in [2.24, 2.45) is 5.14 Å². The molecule has 0 spiro atoms. The van der Waals surface area contributed by atoms with E-state index in [-0.39, 0.29) is 4.90 Å². The summed E-state index contributed by atoms with van der Waals surface area (Å²) in [4.78, 5) is 36.4. The fourth-order valence-corrected chi connectivity index (χ4v) is 3.02. The summed E-state index contributed by atoms with van der Waals surface area (Å²) in [5, 5.41) is 9.98. The summed E-state index contributed by atoms with van der Waals surface area (Å²) >= 11 is 0. The molecule has 0 aliphatic heterocycles. The number of rotatable bonds is 9. The molecule has 0 saturated carbocycles. The Kier molecular flexibility index (Phi) is 8.71. The molecular weight excluding hydrogens is 450 g/mol. The van der Waals surface area contributed by atoms with Gasteiger partial charge in [0.05, 0.1) is 12.0 Å². The Bertz CT molecular complexity index is 1130. The van der Waals surface area contributed by atoms with Gasteiger partial charge < -0.3 is 20.1 Å². The van der Waals surface area contributed by atoms with Gasteiger partial charge in [0.1, 0.15) is 11.8 Å². The molecule has 0 aliphatic rings. The molecule has 2 aromatic rings. The Hall–Kier alpha value is -3.70. The Morgan fingerprint density at radius 1 is 1.00 bits per heavy atom. The molecule has 33 heavy (non-hydrogen) atoms. The average molecular weight is 476 g/mol. The van der Waals surface area contributed by atoms with E-state index in [2.05, 4.69) is 10.6 Å². The number of ether oxygens (including phenoxy) is 2. The van der Waals surface area contributed by atoms with Gasteiger partial charge in [0.15, 0.2) is 6.10 Å². The number of methoxy groups -OCH3 is 1. The summed E-state index contributed by atoms with van der Waals surface area (Å²) in [6.07, 6.45) is 1.68. The predicted molar refractivity (Wildman–Crippen MR) is 122 cm³/mol. The van der Waals surface area contributed by atoms with Crippen LogP contribution in [0, 0.1) is 0 Å². The number of nitrogens with two attached hydrogens (primary N) is 1. The quantitative estimate of drug-likeness (QED) is 0.366. The minimum absolute atomic E-state index is 0.106. The van der Waals surface area contributed by atoms with E-state index in [1.54, 1.807) is 37.5 Å². The van der Waals surface area contributed by atoms with Crippen molar-refractivity contribution in [1.29, 1.82) is 0 Å². The van der Waals surface area contributed by atoms with Gasteiger partial charge in [-0.1, -0.05) is 12.1 Å². The van der Waals surface area contributed by atoms with E-state index >= 15 is 0 Å². The van der Waals surface area contributed by atoms with Crippen molar-refractivity contribution in [2.45, 2.75) is 30.9 Å². The molecule has 2 rings (SSSR count). The maximum absolute atomic E-state index is 12.2. The van der Waals surface area contributed by atoms with Gasteiger partial charge in [0.2, 0.25) is 15.9 Å². The number of nitrogens with one attached hydrogen (secondary N) is 2. The molecule has 176 valence electrons. The molecule has 0 fully saturated rings. The number of hydrogen-bond acceptors (Lipinski definition) is 7. The Morgan fingerprint density at radius 2 is 1.61 bits per heavy atom. The molecule has 0 aliphatic carbocycles. The summed E-state index contributed by atoms with van der Waals surface area (Å²) in [6.45, 7) is 2.79. The van der Waals surface area contributed by atoms with Crippen molar-refractivity contribution in [3.05, 3.63) is 60.2 Å². The second-order valence-electron chi connectivity index (χ2n) is 6.97. The van der Waals surface area contributed by atoms with Gasteiger partial charge in [-0.2, -0.15) is 0 Å². The molecule has 2 aromatic carbocycles. The van der Waals surface area contributed by atoms with Crippen LogP contribution in [-0.4, -0.2) is 45.5 Å². The van der Waals surface area contributed by atoms with Crippen LogP contribution < -0.4 is 20.5 Å². The average Bonchev–Trinajstić information content (AvgIpc) is 2.77. The van der Waals surface area contributed by atoms with Crippen molar-refractivity contribution in [1.82, 2.24) is 5.32 Å². The summed E-state index contributed by atoms with van der Waals surface area (Å²) in [7, 11) is -2.30. The molecule has 2 atom stereocenters. The Balaban J connectivity index is 1.85. The first-order valence-electron chi connectivity index (χ1n) is 9.76. The van der Waals surface area contributed by atoms with E-state index in [0.717, 1.165) is 5.56 Å². The molecule has 4 N–H and O–H groups in total. The Labute approximate surface area is 191 Å². The molecule has 11 heteroatoms. The van der Waals surface area contributed by atoms with E-state index in [1.807, 2.05) is 0 Å². The molecule has 0 radical (unpaired) electrons. The van der Waals surface area contributed by atoms with Crippen LogP contribution >= 0.6 is 0 Å². The SMILES string of the molecule is COc1ccc(/C=C/C(=O)N[C@@H](C)C(=O)OC(C)C(=O)Nc2ccc(S(N)(=O)=O)cc2)cc1. The molecule has 0 heterocycles. The monoisotopic (exact) mass is 475 g/mol. The molecule has 0 saturated heterocycles. The van der Waals surface area contributed by atoms with Gasteiger partial charge in [0, 0.05) is 11.8 Å². The van der Waals surface area contributed by atoms with Gasteiger partial charge in [0.25, 0.3) is 5.91 Å². The number of esters is 1. The first-order chi connectivity index (χ1) is 15.5.